The maximum atomic E-state index is 11.4. The molecule has 0 unspecified atom stereocenters. The number of benzene rings is 1. The van der Waals surface area contributed by atoms with Gasteiger partial charge in [0.2, 0.25) is 5.91 Å². The molecule has 16 heavy (non-hydrogen) atoms. The second-order valence-electron chi connectivity index (χ2n) is 3.95. The smallest absolute Gasteiger partial charge is 0.224 e. The van der Waals surface area contributed by atoms with Crippen molar-refractivity contribution in [3.8, 4) is 0 Å². The molecule has 0 bridgehead atoms. The van der Waals surface area contributed by atoms with E-state index in [0.29, 0.717) is 6.42 Å². The van der Waals surface area contributed by atoms with Crippen molar-refractivity contribution in [2.75, 3.05) is 5.32 Å². The molecule has 0 saturated carbocycles. The van der Waals surface area contributed by atoms with Crippen molar-refractivity contribution in [2.24, 2.45) is 0 Å². The molecule has 2 heteroatoms. The zero-order chi connectivity index (χ0) is 12.0. The van der Waals surface area contributed by atoms with Gasteiger partial charge in [-0.25, -0.2) is 0 Å². The third kappa shape index (κ3) is 3.09. The number of hydrogen-bond acceptors (Lipinski definition) is 1. The Hall–Kier alpha value is -1.31. The average molecular weight is 219 g/mol. The van der Waals surface area contributed by atoms with Gasteiger partial charge in [0.15, 0.2) is 0 Å². The molecule has 2 nitrogen and oxygen atoms in total. The SMILES string of the molecule is CCCc1cccc(NC(=O)CC)c1CC. The molecule has 0 radical (unpaired) electrons. The summed E-state index contributed by atoms with van der Waals surface area (Å²) >= 11 is 0. The molecule has 0 saturated heterocycles. The van der Waals surface area contributed by atoms with Crippen LogP contribution in [0.15, 0.2) is 18.2 Å². The number of nitrogens with one attached hydrogen (secondary N) is 1. The van der Waals surface area contributed by atoms with Crippen LogP contribution in [0, 0.1) is 0 Å². The summed E-state index contributed by atoms with van der Waals surface area (Å²) in [5, 5.41) is 2.97. The number of anilines is 1. The van der Waals surface area contributed by atoms with Crippen molar-refractivity contribution in [2.45, 2.75) is 46.5 Å². The fraction of sp³-hybridized carbons (Fsp3) is 0.500. The molecule has 0 atom stereocenters. The van der Waals surface area contributed by atoms with Gasteiger partial charge >= 0.3 is 0 Å². The highest BCUT2D eigenvalue weighted by molar-refractivity contribution is 5.91. The topological polar surface area (TPSA) is 29.1 Å². The zero-order valence-corrected chi connectivity index (χ0v) is 10.5. The Morgan fingerprint density at radius 2 is 2.00 bits per heavy atom. The van der Waals surface area contributed by atoms with Crippen molar-refractivity contribution in [3.63, 3.8) is 0 Å². The van der Waals surface area contributed by atoms with Gasteiger partial charge in [-0.3, -0.25) is 4.79 Å². The van der Waals surface area contributed by atoms with Crippen LogP contribution in [0.25, 0.3) is 0 Å². The van der Waals surface area contributed by atoms with Gasteiger partial charge in [-0.05, 0) is 30.0 Å². The van der Waals surface area contributed by atoms with E-state index in [0.717, 1.165) is 24.9 Å². The third-order valence-corrected chi connectivity index (χ3v) is 2.74. The lowest BCUT2D eigenvalue weighted by atomic mass is 9.99. The van der Waals surface area contributed by atoms with E-state index >= 15 is 0 Å². The number of hydrogen-bond donors (Lipinski definition) is 1. The minimum absolute atomic E-state index is 0.0864. The van der Waals surface area contributed by atoms with Crippen LogP contribution in [0.3, 0.4) is 0 Å². The first-order valence-corrected chi connectivity index (χ1v) is 6.13. The van der Waals surface area contributed by atoms with Crippen LogP contribution in [0.5, 0.6) is 0 Å². The highest BCUT2D eigenvalue weighted by Crippen LogP contribution is 2.22. The van der Waals surface area contributed by atoms with Crippen LogP contribution in [0.4, 0.5) is 5.69 Å². The van der Waals surface area contributed by atoms with E-state index in [2.05, 4.69) is 25.2 Å². The summed E-state index contributed by atoms with van der Waals surface area (Å²) in [5.41, 5.74) is 3.63. The Balaban J connectivity index is 2.98. The fourth-order valence-corrected chi connectivity index (χ4v) is 1.91. The van der Waals surface area contributed by atoms with E-state index < -0.39 is 0 Å². The molecular formula is C14H21NO. The number of aryl methyl sites for hydroxylation is 1. The normalized spacial score (nSPS) is 10.2. The third-order valence-electron chi connectivity index (χ3n) is 2.74. The summed E-state index contributed by atoms with van der Waals surface area (Å²) in [4.78, 5) is 11.4. The summed E-state index contributed by atoms with van der Waals surface area (Å²) in [6.45, 7) is 6.18. The molecule has 0 aliphatic rings. The molecular weight excluding hydrogens is 198 g/mol. The first-order valence-electron chi connectivity index (χ1n) is 6.13. The van der Waals surface area contributed by atoms with Gasteiger partial charge < -0.3 is 5.32 Å². The largest absolute Gasteiger partial charge is 0.326 e. The van der Waals surface area contributed by atoms with E-state index in [-0.39, 0.29) is 5.91 Å². The molecule has 1 rings (SSSR count). The summed E-state index contributed by atoms with van der Waals surface area (Å²) < 4.78 is 0. The molecule has 0 fully saturated rings. The van der Waals surface area contributed by atoms with E-state index in [1.54, 1.807) is 0 Å². The predicted molar refractivity (Wildman–Crippen MR) is 68.7 cm³/mol. The molecule has 0 aliphatic heterocycles. The van der Waals surface area contributed by atoms with E-state index in [4.69, 9.17) is 0 Å². The van der Waals surface area contributed by atoms with E-state index in [9.17, 15) is 4.79 Å². The summed E-state index contributed by atoms with van der Waals surface area (Å²) in [7, 11) is 0. The molecule has 88 valence electrons. The number of rotatable bonds is 5. The Morgan fingerprint density at radius 1 is 1.25 bits per heavy atom. The van der Waals surface area contributed by atoms with Gasteiger partial charge in [0.1, 0.15) is 0 Å². The predicted octanol–water partition coefficient (Wildman–Crippen LogP) is 3.55. The molecule has 0 heterocycles. The van der Waals surface area contributed by atoms with Gasteiger partial charge in [0.25, 0.3) is 0 Å². The lowest BCUT2D eigenvalue weighted by molar-refractivity contribution is -0.115. The van der Waals surface area contributed by atoms with Crippen molar-refractivity contribution in [3.05, 3.63) is 29.3 Å². The van der Waals surface area contributed by atoms with E-state index in [1.165, 1.54) is 11.1 Å². The molecule has 0 spiro atoms. The van der Waals surface area contributed by atoms with Gasteiger partial charge in [-0.15, -0.1) is 0 Å². The van der Waals surface area contributed by atoms with Crippen LogP contribution in [-0.4, -0.2) is 5.91 Å². The van der Waals surface area contributed by atoms with Crippen molar-refractivity contribution < 1.29 is 4.79 Å². The van der Waals surface area contributed by atoms with Crippen LogP contribution < -0.4 is 5.32 Å². The van der Waals surface area contributed by atoms with Gasteiger partial charge in [-0.1, -0.05) is 39.3 Å². The molecule has 1 N–H and O–H groups in total. The summed E-state index contributed by atoms with van der Waals surface area (Å²) in [6.07, 6.45) is 3.72. The molecule has 0 aromatic heterocycles. The van der Waals surface area contributed by atoms with Gasteiger partial charge in [-0.2, -0.15) is 0 Å². The minimum Gasteiger partial charge on any atom is -0.326 e. The van der Waals surface area contributed by atoms with Crippen LogP contribution in [0.2, 0.25) is 0 Å². The average Bonchev–Trinajstić information content (AvgIpc) is 2.29. The van der Waals surface area contributed by atoms with Crippen LogP contribution >= 0.6 is 0 Å². The second kappa shape index (κ2) is 6.31. The highest BCUT2D eigenvalue weighted by atomic mass is 16.1. The highest BCUT2D eigenvalue weighted by Gasteiger charge is 2.07. The lowest BCUT2D eigenvalue weighted by Crippen LogP contribution is -2.12. The standard InChI is InChI=1S/C14H21NO/c1-4-8-11-9-7-10-13(12(11)5-2)15-14(16)6-3/h7,9-10H,4-6,8H2,1-3H3,(H,15,16). The maximum absolute atomic E-state index is 11.4. The monoisotopic (exact) mass is 219 g/mol. The van der Waals surface area contributed by atoms with Crippen LogP contribution in [0.1, 0.15) is 44.7 Å². The number of carbonyl (C=O) groups excluding carboxylic acids is 1. The Kier molecular flexibility index (Phi) is 5.03. The van der Waals surface area contributed by atoms with Gasteiger partial charge in [0, 0.05) is 12.1 Å². The summed E-state index contributed by atoms with van der Waals surface area (Å²) in [5.74, 6) is 0.0864. The van der Waals surface area contributed by atoms with Crippen molar-refractivity contribution >= 4 is 11.6 Å². The maximum Gasteiger partial charge on any atom is 0.224 e. The molecule has 1 aromatic rings. The molecule has 1 amide bonds. The van der Waals surface area contributed by atoms with Gasteiger partial charge in [0.05, 0.1) is 0 Å². The number of carbonyl (C=O) groups is 1. The Bertz CT molecular complexity index is 358. The Morgan fingerprint density at radius 3 is 2.56 bits per heavy atom. The first kappa shape index (κ1) is 12.8. The first-order chi connectivity index (χ1) is 7.72. The second-order valence-corrected chi connectivity index (χ2v) is 3.95. The minimum atomic E-state index is 0.0864. The zero-order valence-electron chi connectivity index (χ0n) is 10.5. The number of amides is 1. The van der Waals surface area contributed by atoms with E-state index in [1.807, 2.05) is 19.1 Å². The molecule has 1 aromatic carbocycles. The fourth-order valence-electron chi connectivity index (χ4n) is 1.91. The summed E-state index contributed by atoms with van der Waals surface area (Å²) in [6, 6.07) is 6.17. The Labute approximate surface area is 98.1 Å². The lowest BCUT2D eigenvalue weighted by Gasteiger charge is -2.13. The quantitative estimate of drug-likeness (QED) is 0.806. The van der Waals surface area contributed by atoms with Crippen molar-refractivity contribution in [1.29, 1.82) is 0 Å². The van der Waals surface area contributed by atoms with Crippen LogP contribution in [-0.2, 0) is 17.6 Å². The molecule has 0 aliphatic carbocycles. The van der Waals surface area contributed by atoms with Crippen molar-refractivity contribution in [1.82, 2.24) is 0 Å².